The lowest BCUT2D eigenvalue weighted by atomic mass is 9.82. The molecule has 0 aliphatic carbocycles. The van der Waals surface area contributed by atoms with Gasteiger partial charge in [0.1, 0.15) is 5.92 Å². The molecule has 0 amide bonds. The van der Waals surface area contributed by atoms with E-state index in [2.05, 4.69) is 4.90 Å². The second-order valence-electron chi connectivity index (χ2n) is 4.31. The van der Waals surface area contributed by atoms with Gasteiger partial charge in [-0.2, -0.15) is 0 Å². The first-order valence-corrected chi connectivity index (χ1v) is 5.65. The zero-order chi connectivity index (χ0) is 10.8. The molecular formula is C11H17NO3. The Balaban J connectivity index is 2.06. The van der Waals surface area contributed by atoms with Crippen molar-refractivity contribution in [3.05, 3.63) is 0 Å². The van der Waals surface area contributed by atoms with E-state index < -0.39 is 5.92 Å². The molecule has 2 heterocycles. The molecule has 0 saturated carbocycles. The van der Waals surface area contributed by atoms with Crippen LogP contribution in [0, 0.1) is 11.8 Å². The van der Waals surface area contributed by atoms with Crippen molar-refractivity contribution >= 4 is 11.8 Å². The van der Waals surface area contributed by atoms with E-state index in [9.17, 15) is 9.59 Å². The monoisotopic (exact) mass is 211 g/mol. The Morgan fingerprint density at radius 1 is 1.53 bits per heavy atom. The summed E-state index contributed by atoms with van der Waals surface area (Å²) in [5, 5.41) is 0. The van der Waals surface area contributed by atoms with Crippen molar-refractivity contribution in [3.8, 4) is 0 Å². The molecule has 0 spiro atoms. The average Bonchev–Trinajstić information content (AvgIpc) is 2.24. The quantitative estimate of drug-likeness (QED) is 0.492. The van der Waals surface area contributed by atoms with Gasteiger partial charge in [-0.15, -0.1) is 0 Å². The maximum Gasteiger partial charge on any atom is 0.317 e. The van der Waals surface area contributed by atoms with Crippen molar-refractivity contribution in [1.29, 1.82) is 0 Å². The van der Waals surface area contributed by atoms with Crippen LogP contribution in [0.4, 0.5) is 0 Å². The number of Topliss-reactive ketones (excluding diaryl/α,β-unsaturated/α-hetero) is 1. The van der Waals surface area contributed by atoms with Crippen LogP contribution in [-0.2, 0) is 14.3 Å². The lowest BCUT2D eigenvalue weighted by Crippen LogP contribution is -2.52. The van der Waals surface area contributed by atoms with E-state index >= 15 is 0 Å². The van der Waals surface area contributed by atoms with E-state index in [1.807, 2.05) is 0 Å². The number of ketones is 1. The van der Waals surface area contributed by atoms with E-state index in [4.69, 9.17) is 4.74 Å². The fourth-order valence-corrected chi connectivity index (χ4v) is 2.52. The molecule has 3 atom stereocenters. The highest BCUT2D eigenvalue weighted by Gasteiger charge is 2.41. The Hall–Kier alpha value is -0.900. The van der Waals surface area contributed by atoms with Crippen LogP contribution in [0.2, 0.25) is 0 Å². The van der Waals surface area contributed by atoms with E-state index in [0.717, 1.165) is 25.9 Å². The number of hydrogen-bond donors (Lipinski definition) is 0. The highest BCUT2D eigenvalue weighted by molar-refractivity contribution is 6.01. The normalized spacial score (nSPS) is 35.0. The number of carbonyl (C=O) groups is 2. The van der Waals surface area contributed by atoms with Crippen LogP contribution < -0.4 is 0 Å². The highest BCUT2D eigenvalue weighted by Crippen LogP contribution is 2.27. The summed E-state index contributed by atoms with van der Waals surface area (Å²) < 4.78 is 4.93. The predicted molar refractivity (Wildman–Crippen MR) is 54.3 cm³/mol. The van der Waals surface area contributed by atoms with Gasteiger partial charge in [-0.05, 0) is 26.3 Å². The molecule has 4 heteroatoms. The molecule has 4 nitrogen and oxygen atoms in total. The topological polar surface area (TPSA) is 46.6 Å². The molecule has 0 aromatic heterocycles. The van der Waals surface area contributed by atoms with Crippen LogP contribution in [-0.4, -0.2) is 42.9 Å². The Morgan fingerprint density at radius 2 is 2.33 bits per heavy atom. The minimum absolute atomic E-state index is 0.0712. The van der Waals surface area contributed by atoms with Gasteiger partial charge in [0, 0.05) is 19.0 Å². The van der Waals surface area contributed by atoms with E-state index in [1.54, 1.807) is 6.92 Å². The maximum atomic E-state index is 11.9. The summed E-state index contributed by atoms with van der Waals surface area (Å²) in [5.41, 5.74) is 0. The standard InChI is InChI=1S/C11H17NO3/c1-2-15-11(14)9-7-12-5-3-4-8(6-12)10(9)13/h8-9H,2-7H2,1H3/t8-,9+/m0/s1. The summed E-state index contributed by atoms with van der Waals surface area (Å²) in [6.45, 7) is 4.54. The SMILES string of the molecule is CCOC(=O)[C@@H]1CN2CCC[C@@H](C2)C1=O. The van der Waals surface area contributed by atoms with Gasteiger partial charge in [0.05, 0.1) is 6.61 Å². The third kappa shape index (κ3) is 2.04. The maximum absolute atomic E-state index is 11.9. The van der Waals surface area contributed by atoms with Crippen LogP contribution in [0.15, 0.2) is 0 Å². The number of fused-ring (bicyclic) bond motifs is 2. The Kier molecular flexibility index (Phi) is 3.05. The second-order valence-corrected chi connectivity index (χ2v) is 4.31. The molecule has 0 aromatic rings. The number of piperidine rings is 2. The van der Waals surface area contributed by atoms with Crippen molar-refractivity contribution < 1.29 is 14.3 Å². The molecule has 0 aromatic carbocycles. The summed E-state index contributed by atoms with van der Waals surface area (Å²) in [7, 11) is 0. The Morgan fingerprint density at radius 3 is 3.07 bits per heavy atom. The minimum atomic E-state index is -0.524. The molecular weight excluding hydrogens is 194 g/mol. The largest absolute Gasteiger partial charge is 0.465 e. The van der Waals surface area contributed by atoms with Crippen molar-refractivity contribution in [2.24, 2.45) is 11.8 Å². The second kappa shape index (κ2) is 4.31. The van der Waals surface area contributed by atoms with E-state index in [-0.39, 0.29) is 17.7 Å². The van der Waals surface area contributed by atoms with E-state index in [0.29, 0.717) is 13.2 Å². The van der Waals surface area contributed by atoms with E-state index in [1.165, 1.54) is 0 Å². The molecule has 1 unspecified atom stereocenters. The first kappa shape index (κ1) is 10.6. The number of rotatable bonds is 2. The van der Waals surface area contributed by atoms with Gasteiger partial charge in [-0.1, -0.05) is 0 Å². The summed E-state index contributed by atoms with van der Waals surface area (Å²) in [5.74, 6) is -0.686. The van der Waals surface area contributed by atoms with Gasteiger partial charge in [0.25, 0.3) is 0 Å². The molecule has 0 N–H and O–H groups in total. The van der Waals surface area contributed by atoms with Gasteiger partial charge in [0.2, 0.25) is 0 Å². The molecule has 2 bridgehead atoms. The van der Waals surface area contributed by atoms with Gasteiger partial charge in [-0.3, -0.25) is 9.59 Å². The third-order valence-corrected chi connectivity index (χ3v) is 3.26. The molecule has 0 radical (unpaired) electrons. The molecule has 2 saturated heterocycles. The number of hydrogen-bond acceptors (Lipinski definition) is 4. The molecule has 2 fully saturated rings. The number of ether oxygens (including phenoxy) is 1. The summed E-state index contributed by atoms with van der Waals surface area (Å²) in [4.78, 5) is 25.7. The molecule has 15 heavy (non-hydrogen) atoms. The highest BCUT2D eigenvalue weighted by atomic mass is 16.5. The number of esters is 1. The number of nitrogens with zero attached hydrogens (tertiary/aromatic N) is 1. The van der Waals surface area contributed by atoms with Crippen LogP contribution in [0.1, 0.15) is 19.8 Å². The zero-order valence-electron chi connectivity index (χ0n) is 9.07. The van der Waals surface area contributed by atoms with Crippen molar-refractivity contribution in [2.45, 2.75) is 19.8 Å². The third-order valence-electron chi connectivity index (χ3n) is 3.26. The fraction of sp³-hybridized carbons (Fsp3) is 0.818. The summed E-state index contributed by atoms with van der Waals surface area (Å²) in [6.07, 6.45) is 2.01. The first-order valence-electron chi connectivity index (χ1n) is 5.65. The van der Waals surface area contributed by atoms with Crippen LogP contribution in [0.3, 0.4) is 0 Å². The number of carbonyl (C=O) groups excluding carboxylic acids is 2. The molecule has 2 aliphatic rings. The van der Waals surface area contributed by atoms with Crippen LogP contribution in [0.25, 0.3) is 0 Å². The molecule has 2 aliphatic heterocycles. The zero-order valence-corrected chi connectivity index (χ0v) is 9.07. The molecule has 2 rings (SSSR count). The summed E-state index contributed by atoms with van der Waals surface area (Å²) >= 11 is 0. The van der Waals surface area contributed by atoms with Gasteiger partial charge in [0.15, 0.2) is 5.78 Å². The van der Waals surface area contributed by atoms with Gasteiger partial charge >= 0.3 is 5.97 Å². The average molecular weight is 211 g/mol. The Labute approximate surface area is 89.6 Å². The summed E-state index contributed by atoms with van der Waals surface area (Å²) in [6, 6.07) is 0. The van der Waals surface area contributed by atoms with Crippen LogP contribution in [0.5, 0.6) is 0 Å². The van der Waals surface area contributed by atoms with Gasteiger partial charge in [-0.25, -0.2) is 0 Å². The van der Waals surface area contributed by atoms with Crippen molar-refractivity contribution in [3.63, 3.8) is 0 Å². The van der Waals surface area contributed by atoms with Crippen LogP contribution >= 0.6 is 0 Å². The minimum Gasteiger partial charge on any atom is -0.465 e. The Bertz CT molecular complexity index is 277. The van der Waals surface area contributed by atoms with Gasteiger partial charge < -0.3 is 9.64 Å². The lowest BCUT2D eigenvalue weighted by Gasteiger charge is -2.39. The fourth-order valence-electron chi connectivity index (χ4n) is 2.52. The predicted octanol–water partition coefficient (Wildman–Crippen LogP) is 0.460. The van der Waals surface area contributed by atoms with Crippen molar-refractivity contribution in [2.75, 3.05) is 26.2 Å². The molecule has 84 valence electrons. The van der Waals surface area contributed by atoms with Crippen molar-refractivity contribution in [1.82, 2.24) is 4.90 Å². The lowest BCUT2D eigenvalue weighted by molar-refractivity contribution is -0.156. The smallest absolute Gasteiger partial charge is 0.317 e. The first-order chi connectivity index (χ1) is 7.22.